The highest BCUT2D eigenvalue weighted by Crippen LogP contribution is 2.20. The molecule has 0 radical (unpaired) electrons. The molecule has 0 amide bonds. The van der Waals surface area contributed by atoms with Gasteiger partial charge in [-0.15, -0.1) is 5.10 Å². The van der Waals surface area contributed by atoms with Gasteiger partial charge in [-0.3, -0.25) is 0 Å². The van der Waals surface area contributed by atoms with Crippen LogP contribution in [0.4, 0.5) is 0 Å². The summed E-state index contributed by atoms with van der Waals surface area (Å²) in [6.45, 7) is 2.77. The van der Waals surface area contributed by atoms with Crippen molar-refractivity contribution in [3.63, 3.8) is 0 Å². The maximum absolute atomic E-state index is 11.7. The molecule has 0 aliphatic rings. The summed E-state index contributed by atoms with van der Waals surface area (Å²) in [5.41, 5.74) is 0.368. The first-order valence-corrected chi connectivity index (χ1v) is 7.28. The SMILES string of the molecule is CCCn1nnnc1COc1cc(C(=O)OC)cc(C(=O)OC)c1. The number of carbonyl (C=O) groups excluding carboxylic acids is 2. The zero-order chi connectivity index (χ0) is 17.5. The molecule has 24 heavy (non-hydrogen) atoms. The van der Waals surface area contributed by atoms with Gasteiger partial charge in [0, 0.05) is 6.54 Å². The fourth-order valence-electron chi connectivity index (χ4n) is 2.01. The van der Waals surface area contributed by atoms with Crippen molar-refractivity contribution in [3.8, 4) is 5.75 Å². The van der Waals surface area contributed by atoms with Crippen LogP contribution in [0.5, 0.6) is 5.75 Å². The molecule has 0 atom stereocenters. The number of hydrogen-bond donors (Lipinski definition) is 0. The first-order valence-electron chi connectivity index (χ1n) is 7.28. The van der Waals surface area contributed by atoms with Crippen molar-refractivity contribution in [1.29, 1.82) is 0 Å². The fraction of sp³-hybridized carbons (Fsp3) is 0.400. The summed E-state index contributed by atoms with van der Waals surface area (Å²) < 4.78 is 16.6. The van der Waals surface area contributed by atoms with Gasteiger partial charge in [-0.25, -0.2) is 14.3 Å². The van der Waals surface area contributed by atoms with Gasteiger partial charge in [0.1, 0.15) is 12.4 Å². The molecule has 2 rings (SSSR count). The second-order valence-electron chi connectivity index (χ2n) is 4.84. The lowest BCUT2D eigenvalue weighted by molar-refractivity contribution is 0.0598. The molecule has 0 spiro atoms. The predicted molar refractivity (Wildman–Crippen MR) is 81.6 cm³/mol. The van der Waals surface area contributed by atoms with E-state index in [1.165, 1.54) is 32.4 Å². The van der Waals surface area contributed by atoms with E-state index in [0.717, 1.165) is 6.42 Å². The summed E-state index contributed by atoms with van der Waals surface area (Å²) in [6.07, 6.45) is 0.877. The third kappa shape index (κ3) is 4.06. The minimum absolute atomic E-state index is 0.0955. The maximum Gasteiger partial charge on any atom is 0.338 e. The molecule has 1 heterocycles. The number of ether oxygens (including phenoxy) is 3. The maximum atomic E-state index is 11.7. The van der Waals surface area contributed by atoms with Gasteiger partial charge < -0.3 is 14.2 Å². The van der Waals surface area contributed by atoms with Crippen LogP contribution in [0, 0.1) is 0 Å². The van der Waals surface area contributed by atoms with Crippen LogP contribution in [0.2, 0.25) is 0 Å². The molecular formula is C15H18N4O5. The normalized spacial score (nSPS) is 10.3. The minimum Gasteiger partial charge on any atom is -0.485 e. The standard InChI is InChI=1S/C15H18N4O5/c1-4-5-19-13(16-17-18-19)9-24-12-7-10(14(20)22-2)6-11(8-12)15(21)23-3/h6-8H,4-5,9H2,1-3H3. The summed E-state index contributed by atoms with van der Waals surface area (Å²) >= 11 is 0. The predicted octanol–water partition coefficient (Wildman–Crippen LogP) is 1.24. The topological polar surface area (TPSA) is 105 Å². The van der Waals surface area contributed by atoms with Gasteiger partial charge >= 0.3 is 11.9 Å². The van der Waals surface area contributed by atoms with Gasteiger partial charge in [-0.1, -0.05) is 6.92 Å². The number of esters is 2. The van der Waals surface area contributed by atoms with Gasteiger partial charge in [0.05, 0.1) is 25.3 Å². The molecule has 2 aromatic rings. The van der Waals surface area contributed by atoms with E-state index >= 15 is 0 Å². The van der Waals surface area contributed by atoms with E-state index in [1.54, 1.807) is 4.68 Å². The number of benzene rings is 1. The molecule has 9 nitrogen and oxygen atoms in total. The highest BCUT2D eigenvalue weighted by atomic mass is 16.5. The number of rotatable bonds is 7. The molecule has 0 aliphatic heterocycles. The van der Waals surface area contributed by atoms with Crippen LogP contribution >= 0.6 is 0 Å². The van der Waals surface area contributed by atoms with Crippen molar-refractivity contribution in [2.24, 2.45) is 0 Å². The second-order valence-corrected chi connectivity index (χ2v) is 4.84. The van der Waals surface area contributed by atoms with Crippen LogP contribution in [-0.2, 0) is 22.6 Å². The summed E-state index contributed by atoms with van der Waals surface area (Å²) in [5, 5.41) is 11.4. The Labute approximate surface area is 138 Å². The molecule has 9 heteroatoms. The third-order valence-electron chi connectivity index (χ3n) is 3.16. The van der Waals surface area contributed by atoms with Crippen LogP contribution in [0.1, 0.15) is 39.9 Å². The van der Waals surface area contributed by atoms with Crippen molar-refractivity contribution < 1.29 is 23.8 Å². The van der Waals surface area contributed by atoms with Crippen LogP contribution in [0.15, 0.2) is 18.2 Å². The Balaban J connectivity index is 2.23. The third-order valence-corrected chi connectivity index (χ3v) is 3.16. The highest BCUT2D eigenvalue weighted by Gasteiger charge is 2.15. The molecule has 0 saturated carbocycles. The van der Waals surface area contributed by atoms with Crippen LogP contribution in [-0.4, -0.2) is 46.4 Å². The lowest BCUT2D eigenvalue weighted by Gasteiger charge is -2.10. The van der Waals surface area contributed by atoms with Gasteiger partial charge in [0.2, 0.25) is 0 Å². The number of tetrazole rings is 1. The summed E-state index contributed by atoms with van der Waals surface area (Å²) in [7, 11) is 2.51. The average Bonchev–Trinajstić information content (AvgIpc) is 3.05. The van der Waals surface area contributed by atoms with E-state index < -0.39 is 11.9 Å². The molecule has 0 aliphatic carbocycles. The first kappa shape index (κ1) is 17.4. The minimum atomic E-state index is -0.582. The zero-order valence-corrected chi connectivity index (χ0v) is 13.7. The van der Waals surface area contributed by atoms with Crippen molar-refractivity contribution in [1.82, 2.24) is 20.2 Å². The quantitative estimate of drug-likeness (QED) is 0.696. The van der Waals surface area contributed by atoms with Crippen LogP contribution < -0.4 is 4.74 Å². The monoisotopic (exact) mass is 334 g/mol. The van der Waals surface area contributed by atoms with E-state index in [-0.39, 0.29) is 17.7 Å². The van der Waals surface area contributed by atoms with E-state index in [4.69, 9.17) is 4.74 Å². The molecule has 0 N–H and O–H groups in total. The molecule has 1 aromatic heterocycles. The largest absolute Gasteiger partial charge is 0.485 e. The number of nitrogens with zero attached hydrogens (tertiary/aromatic N) is 4. The number of aryl methyl sites for hydroxylation is 1. The van der Waals surface area contributed by atoms with Gasteiger partial charge in [-0.05, 0) is 35.0 Å². The number of hydrogen-bond acceptors (Lipinski definition) is 8. The molecule has 128 valence electrons. The highest BCUT2D eigenvalue weighted by molar-refractivity contribution is 5.96. The van der Waals surface area contributed by atoms with Crippen LogP contribution in [0.3, 0.4) is 0 Å². The Morgan fingerprint density at radius 3 is 2.25 bits per heavy atom. The van der Waals surface area contributed by atoms with Crippen molar-refractivity contribution >= 4 is 11.9 Å². The van der Waals surface area contributed by atoms with E-state index in [0.29, 0.717) is 18.1 Å². The molecule has 0 bridgehead atoms. The lowest BCUT2D eigenvalue weighted by Crippen LogP contribution is -2.10. The van der Waals surface area contributed by atoms with Crippen LogP contribution in [0.25, 0.3) is 0 Å². The van der Waals surface area contributed by atoms with Crippen molar-refractivity contribution in [2.75, 3.05) is 14.2 Å². The van der Waals surface area contributed by atoms with Gasteiger partial charge in [0.25, 0.3) is 0 Å². The van der Waals surface area contributed by atoms with E-state index in [9.17, 15) is 9.59 Å². The summed E-state index contributed by atoms with van der Waals surface area (Å²) in [4.78, 5) is 23.5. The Bertz CT molecular complexity index is 694. The number of aromatic nitrogens is 4. The smallest absolute Gasteiger partial charge is 0.338 e. The molecular weight excluding hydrogens is 316 g/mol. The Morgan fingerprint density at radius 1 is 1.08 bits per heavy atom. The summed E-state index contributed by atoms with van der Waals surface area (Å²) in [5.74, 6) is -0.313. The van der Waals surface area contributed by atoms with E-state index in [1.807, 2.05) is 6.92 Å². The molecule has 1 aromatic carbocycles. The van der Waals surface area contributed by atoms with E-state index in [2.05, 4.69) is 25.0 Å². The summed E-state index contributed by atoms with van der Waals surface area (Å²) in [6, 6.07) is 4.34. The number of carbonyl (C=O) groups is 2. The lowest BCUT2D eigenvalue weighted by atomic mass is 10.1. The molecule has 0 unspecified atom stereocenters. The Hall–Kier alpha value is -2.97. The molecule has 0 saturated heterocycles. The van der Waals surface area contributed by atoms with Gasteiger partial charge in [0.15, 0.2) is 5.82 Å². The Kier molecular flexibility index (Phi) is 5.83. The fourth-order valence-corrected chi connectivity index (χ4v) is 2.01. The first-order chi connectivity index (χ1) is 11.6. The Morgan fingerprint density at radius 2 is 1.71 bits per heavy atom. The average molecular weight is 334 g/mol. The van der Waals surface area contributed by atoms with Crippen molar-refractivity contribution in [3.05, 3.63) is 35.2 Å². The van der Waals surface area contributed by atoms with Gasteiger partial charge in [-0.2, -0.15) is 0 Å². The number of methoxy groups -OCH3 is 2. The molecule has 0 fully saturated rings. The van der Waals surface area contributed by atoms with Crippen molar-refractivity contribution in [2.45, 2.75) is 26.5 Å². The second kappa shape index (κ2) is 8.04. The zero-order valence-electron chi connectivity index (χ0n) is 13.7.